The summed E-state index contributed by atoms with van der Waals surface area (Å²) in [5.41, 5.74) is 0.604. The summed E-state index contributed by atoms with van der Waals surface area (Å²) in [5.74, 6) is -0.596. The van der Waals surface area contributed by atoms with Crippen LogP contribution in [0.1, 0.15) is 12.5 Å². The van der Waals surface area contributed by atoms with Crippen molar-refractivity contribution < 1.29 is 28.6 Å². The lowest BCUT2D eigenvalue weighted by atomic mass is 10.2. The van der Waals surface area contributed by atoms with E-state index in [9.17, 15) is 14.4 Å². The Morgan fingerprint density at radius 1 is 1.37 bits per heavy atom. The number of nitrogens with zero attached hydrogens (tertiary/aromatic N) is 1. The molecule has 1 saturated heterocycles. The molecule has 0 aromatic heterocycles. The van der Waals surface area contributed by atoms with Gasteiger partial charge in [-0.15, -0.1) is 0 Å². The minimum atomic E-state index is -0.505. The molecule has 0 aliphatic carbocycles. The first-order chi connectivity index (χ1) is 12.9. The minimum Gasteiger partial charge on any atom is -0.479 e. The zero-order valence-corrected chi connectivity index (χ0v) is 17.8. The maximum absolute atomic E-state index is 12.3. The molecule has 1 heterocycles. The average molecular weight is 479 g/mol. The van der Waals surface area contributed by atoms with Gasteiger partial charge in [-0.3, -0.25) is 14.5 Å². The molecule has 10 heteroatoms. The van der Waals surface area contributed by atoms with Crippen molar-refractivity contribution in [1.29, 1.82) is 0 Å². The SMILES string of the molecule is CCOC(=O)COc1c(Cl)cc(/C=C2/SC(=O)N(CCOC)C2=O)cc1Br. The van der Waals surface area contributed by atoms with Crippen LogP contribution in [-0.4, -0.2) is 55.5 Å². The molecule has 1 aliphatic rings. The highest BCUT2D eigenvalue weighted by Crippen LogP contribution is 2.37. The monoisotopic (exact) mass is 477 g/mol. The summed E-state index contributed by atoms with van der Waals surface area (Å²) >= 11 is 10.4. The number of thioether (sulfide) groups is 1. The van der Waals surface area contributed by atoms with Crippen molar-refractivity contribution in [1.82, 2.24) is 4.90 Å². The Balaban J connectivity index is 2.16. The summed E-state index contributed by atoms with van der Waals surface area (Å²) in [5, 5.41) is -0.0959. The maximum Gasteiger partial charge on any atom is 0.344 e. The number of rotatable bonds is 8. The standard InChI is InChI=1S/C17H17BrClNO6S/c1-3-25-14(21)9-26-15-11(18)6-10(7-12(15)19)8-13-16(22)20(4-5-24-2)17(23)27-13/h6-8H,3-5,9H2,1-2H3/b13-8+. The van der Waals surface area contributed by atoms with Gasteiger partial charge < -0.3 is 14.2 Å². The average Bonchev–Trinajstić information content (AvgIpc) is 2.86. The van der Waals surface area contributed by atoms with Gasteiger partial charge in [-0.2, -0.15) is 0 Å². The molecule has 0 bridgehead atoms. The smallest absolute Gasteiger partial charge is 0.344 e. The van der Waals surface area contributed by atoms with Gasteiger partial charge >= 0.3 is 5.97 Å². The van der Waals surface area contributed by atoms with Gasteiger partial charge in [-0.1, -0.05) is 11.6 Å². The number of esters is 1. The maximum atomic E-state index is 12.3. The molecule has 27 heavy (non-hydrogen) atoms. The van der Waals surface area contributed by atoms with Gasteiger partial charge in [0.25, 0.3) is 11.1 Å². The number of amides is 2. The van der Waals surface area contributed by atoms with Crippen molar-refractivity contribution in [3.05, 3.63) is 32.1 Å². The van der Waals surface area contributed by atoms with Gasteiger partial charge in [0, 0.05) is 7.11 Å². The van der Waals surface area contributed by atoms with Crippen molar-refractivity contribution >= 4 is 62.5 Å². The molecule has 146 valence electrons. The fourth-order valence-electron chi connectivity index (χ4n) is 2.16. The summed E-state index contributed by atoms with van der Waals surface area (Å²) in [6, 6.07) is 3.26. The van der Waals surface area contributed by atoms with Gasteiger partial charge in [0.1, 0.15) is 0 Å². The molecule has 1 fully saturated rings. The van der Waals surface area contributed by atoms with Crippen LogP contribution in [0.4, 0.5) is 4.79 Å². The van der Waals surface area contributed by atoms with Crippen LogP contribution in [-0.2, 0) is 19.1 Å². The number of imide groups is 1. The summed E-state index contributed by atoms with van der Waals surface area (Å²) in [6.07, 6.45) is 1.57. The van der Waals surface area contributed by atoms with Crippen LogP contribution < -0.4 is 4.74 Å². The molecule has 7 nitrogen and oxygen atoms in total. The van der Waals surface area contributed by atoms with E-state index in [-0.39, 0.29) is 48.3 Å². The van der Waals surface area contributed by atoms with Crippen LogP contribution in [0.15, 0.2) is 21.5 Å². The predicted octanol–water partition coefficient (Wildman–Crippen LogP) is 3.73. The van der Waals surface area contributed by atoms with E-state index in [0.29, 0.717) is 14.9 Å². The summed E-state index contributed by atoms with van der Waals surface area (Å²) < 4.78 is 15.6. The van der Waals surface area contributed by atoms with E-state index in [0.717, 1.165) is 16.7 Å². The zero-order valence-electron chi connectivity index (χ0n) is 14.6. The minimum absolute atomic E-state index is 0.198. The molecule has 1 aromatic carbocycles. The van der Waals surface area contributed by atoms with Crippen molar-refractivity contribution in [3.8, 4) is 5.75 Å². The third-order valence-electron chi connectivity index (χ3n) is 3.35. The number of methoxy groups -OCH3 is 1. The topological polar surface area (TPSA) is 82.1 Å². The van der Waals surface area contributed by atoms with Crippen LogP contribution in [0.2, 0.25) is 5.02 Å². The number of carbonyl (C=O) groups excluding carboxylic acids is 3. The van der Waals surface area contributed by atoms with Crippen LogP contribution >= 0.6 is 39.3 Å². The van der Waals surface area contributed by atoms with Gasteiger partial charge in [0.2, 0.25) is 0 Å². The van der Waals surface area contributed by atoms with Crippen LogP contribution in [0.3, 0.4) is 0 Å². The van der Waals surface area contributed by atoms with E-state index in [1.54, 1.807) is 25.1 Å². The van der Waals surface area contributed by atoms with E-state index in [2.05, 4.69) is 15.9 Å². The predicted molar refractivity (Wildman–Crippen MR) is 106 cm³/mol. The van der Waals surface area contributed by atoms with E-state index in [4.69, 9.17) is 25.8 Å². The first kappa shape index (κ1) is 21.7. The Hall–Kier alpha value is -1.55. The highest BCUT2D eigenvalue weighted by molar-refractivity contribution is 9.10. The highest BCUT2D eigenvalue weighted by Gasteiger charge is 2.34. The number of halogens is 2. The number of carbonyl (C=O) groups is 3. The second-order valence-electron chi connectivity index (χ2n) is 5.23. The first-order valence-corrected chi connectivity index (χ1v) is 9.87. The third-order valence-corrected chi connectivity index (χ3v) is 5.13. The molecule has 0 saturated carbocycles. The fourth-order valence-corrected chi connectivity index (χ4v) is 4.02. The van der Waals surface area contributed by atoms with Crippen LogP contribution in [0, 0.1) is 0 Å². The lowest BCUT2D eigenvalue weighted by Crippen LogP contribution is -2.31. The van der Waals surface area contributed by atoms with Crippen molar-refractivity contribution in [2.24, 2.45) is 0 Å². The van der Waals surface area contributed by atoms with Gasteiger partial charge in [-0.25, -0.2) is 4.79 Å². The highest BCUT2D eigenvalue weighted by atomic mass is 79.9. The summed E-state index contributed by atoms with van der Waals surface area (Å²) in [6.45, 7) is 2.16. The van der Waals surface area contributed by atoms with Crippen molar-refractivity contribution in [2.75, 3.05) is 33.5 Å². The Morgan fingerprint density at radius 2 is 2.11 bits per heavy atom. The molecular weight excluding hydrogens is 462 g/mol. The number of benzene rings is 1. The normalized spacial score (nSPS) is 15.6. The van der Waals surface area contributed by atoms with Crippen LogP contribution in [0.5, 0.6) is 5.75 Å². The molecule has 0 radical (unpaired) electrons. The molecular formula is C17H17BrClNO6S. The Labute approximate surface area is 174 Å². The second kappa shape index (κ2) is 10.1. The molecule has 0 N–H and O–H groups in total. The van der Waals surface area contributed by atoms with Gasteiger partial charge in [0.15, 0.2) is 12.4 Å². The van der Waals surface area contributed by atoms with E-state index < -0.39 is 5.97 Å². The van der Waals surface area contributed by atoms with Crippen molar-refractivity contribution in [3.63, 3.8) is 0 Å². The van der Waals surface area contributed by atoms with Gasteiger partial charge in [0.05, 0.1) is 34.2 Å². The van der Waals surface area contributed by atoms with E-state index >= 15 is 0 Å². The van der Waals surface area contributed by atoms with E-state index in [1.165, 1.54) is 7.11 Å². The van der Waals surface area contributed by atoms with Crippen molar-refractivity contribution in [2.45, 2.75) is 6.92 Å². The molecule has 2 rings (SSSR count). The number of hydrogen-bond donors (Lipinski definition) is 0. The summed E-state index contributed by atoms with van der Waals surface area (Å²) in [7, 11) is 1.50. The quantitative estimate of drug-likeness (QED) is 0.416. The molecule has 2 amide bonds. The zero-order chi connectivity index (χ0) is 20.0. The molecule has 0 spiro atoms. The number of ether oxygens (including phenoxy) is 3. The summed E-state index contributed by atoms with van der Waals surface area (Å²) in [4.78, 5) is 37.1. The number of hydrogen-bond acceptors (Lipinski definition) is 7. The van der Waals surface area contributed by atoms with Crippen LogP contribution in [0.25, 0.3) is 6.08 Å². The lowest BCUT2D eigenvalue weighted by molar-refractivity contribution is -0.145. The third kappa shape index (κ3) is 5.71. The Bertz CT molecular complexity index is 762. The van der Waals surface area contributed by atoms with Gasteiger partial charge in [-0.05, 0) is 58.4 Å². The molecule has 0 atom stereocenters. The fraction of sp³-hybridized carbons (Fsp3) is 0.353. The first-order valence-electron chi connectivity index (χ1n) is 7.89. The lowest BCUT2D eigenvalue weighted by Gasteiger charge is -2.11. The largest absolute Gasteiger partial charge is 0.479 e. The second-order valence-corrected chi connectivity index (χ2v) is 7.49. The Kier molecular flexibility index (Phi) is 8.15. The Morgan fingerprint density at radius 3 is 2.74 bits per heavy atom. The molecule has 1 aliphatic heterocycles. The van der Waals surface area contributed by atoms with E-state index in [1.807, 2.05) is 0 Å². The molecule has 0 unspecified atom stereocenters. The molecule has 1 aromatic rings.